The second-order valence-corrected chi connectivity index (χ2v) is 9.00. The summed E-state index contributed by atoms with van der Waals surface area (Å²) in [5, 5.41) is 5.65. The molecule has 134 valence electrons. The largest absolute Gasteiger partial charge is 0.336 e. The topological polar surface area (TPSA) is 52.7 Å². The van der Waals surface area contributed by atoms with Crippen LogP contribution < -0.4 is 5.32 Å². The molecular weight excluding hydrogens is 334 g/mol. The van der Waals surface area contributed by atoms with Crippen LogP contribution in [0, 0.1) is 11.8 Å². The maximum absolute atomic E-state index is 13.5. The van der Waals surface area contributed by atoms with Gasteiger partial charge in [-0.1, -0.05) is 0 Å². The number of hydrogen-bond donors (Lipinski definition) is 1. The Balaban J connectivity index is 1.44. The molecule has 1 N–H and O–H groups in total. The van der Waals surface area contributed by atoms with Gasteiger partial charge in [0, 0.05) is 42.9 Å². The Hall–Kier alpha value is -1.40. The van der Waals surface area contributed by atoms with Gasteiger partial charge in [0.1, 0.15) is 6.04 Å². The van der Waals surface area contributed by atoms with E-state index >= 15 is 0 Å². The fourth-order valence-corrected chi connectivity index (χ4v) is 6.34. The van der Waals surface area contributed by atoms with Gasteiger partial charge in [0.25, 0.3) is 0 Å². The second-order valence-electron chi connectivity index (χ2n) is 8.00. The molecule has 6 heteroatoms. The third-order valence-corrected chi connectivity index (χ3v) is 7.64. The van der Waals surface area contributed by atoms with Crippen molar-refractivity contribution in [2.75, 3.05) is 19.6 Å². The average Bonchev–Trinajstić information content (AvgIpc) is 3.10. The van der Waals surface area contributed by atoms with Crippen LogP contribution in [0.2, 0.25) is 0 Å². The van der Waals surface area contributed by atoms with Crippen LogP contribution in [0.15, 0.2) is 11.4 Å². The molecule has 0 spiro atoms. The SMILES string of the molecule is O=C([C@H]1[C@@H]2CNC[C@@H](C2)[C@@H]2CCCC(=O)N21)N1CCc2sccc2C1. The van der Waals surface area contributed by atoms with Crippen LogP contribution in [0.3, 0.4) is 0 Å². The number of nitrogens with one attached hydrogen (secondary N) is 1. The summed E-state index contributed by atoms with van der Waals surface area (Å²) in [6.45, 7) is 3.36. The quantitative estimate of drug-likeness (QED) is 0.829. The summed E-state index contributed by atoms with van der Waals surface area (Å²) >= 11 is 1.80. The molecule has 2 bridgehead atoms. The van der Waals surface area contributed by atoms with E-state index in [0.717, 1.165) is 45.3 Å². The molecule has 0 saturated carbocycles. The second kappa shape index (κ2) is 6.09. The zero-order chi connectivity index (χ0) is 17.0. The molecular formula is C19H25N3O2S. The van der Waals surface area contributed by atoms with Gasteiger partial charge in [-0.15, -0.1) is 11.3 Å². The van der Waals surface area contributed by atoms with Gasteiger partial charge in [-0.3, -0.25) is 9.59 Å². The van der Waals surface area contributed by atoms with Gasteiger partial charge in [-0.05, 0) is 55.2 Å². The van der Waals surface area contributed by atoms with Gasteiger partial charge in [0.2, 0.25) is 11.8 Å². The smallest absolute Gasteiger partial charge is 0.246 e. The van der Waals surface area contributed by atoms with Crippen LogP contribution in [0.4, 0.5) is 0 Å². The first-order valence-electron chi connectivity index (χ1n) is 9.58. The zero-order valence-electron chi connectivity index (χ0n) is 14.4. The van der Waals surface area contributed by atoms with Crippen molar-refractivity contribution < 1.29 is 9.59 Å². The lowest BCUT2D eigenvalue weighted by Crippen LogP contribution is -2.68. The number of carbonyl (C=O) groups is 2. The Labute approximate surface area is 152 Å². The van der Waals surface area contributed by atoms with E-state index in [1.807, 2.05) is 9.80 Å². The number of rotatable bonds is 1. The number of carbonyl (C=O) groups excluding carboxylic acids is 2. The summed E-state index contributed by atoms with van der Waals surface area (Å²) in [5.74, 6) is 1.19. The molecule has 0 unspecified atom stereocenters. The summed E-state index contributed by atoms with van der Waals surface area (Å²) in [4.78, 5) is 31.7. The van der Waals surface area contributed by atoms with Gasteiger partial charge in [-0.25, -0.2) is 0 Å². The molecule has 3 saturated heterocycles. The maximum atomic E-state index is 13.5. The van der Waals surface area contributed by atoms with E-state index in [4.69, 9.17) is 0 Å². The van der Waals surface area contributed by atoms with E-state index in [2.05, 4.69) is 16.8 Å². The molecule has 0 radical (unpaired) electrons. The zero-order valence-corrected chi connectivity index (χ0v) is 15.3. The minimum absolute atomic E-state index is 0.184. The number of hydrogen-bond acceptors (Lipinski definition) is 4. The molecule has 5 heterocycles. The first-order valence-corrected chi connectivity index (χ1v) is 10.5. The number of nitrogens with zero attached hydrogens (tertiary/aromatic N) is 2. The van der Waals surface area contributed by atoms with Crippen LogP contribution in [-0.2, 0) is 22.6 Å². The predicted molar refractivity (Wildman–Crippen MR) is 96.2 cm³/mol. The summed E-state index contributed by atoms with van der Waals surface area (Å²) in [5.41, 5.74) is 1.29. The van der Waals surface area contributed by atoms with Crippen molar-refractivity contribution >= 4 is 23.2 Å². The highest BCUT2D eigenvalue weighted by Crippen LogP contribution is 2.40. The van der Waals surface area contributed by atoms with Crippen molar-refractivity contribution in [3.05, 3.63) is 21.9 Å². The molecule has 5 nitrogen and oxygen atoms in total. The average molecular weight is 359 g/mol. The Morgan fingerprint density at radius 1 is 1.24 bits per heavy atom. The van der Waals surface area contributed by atoms with Crippen LogP contribution in [0.5, 0.6) is 0 Å². The first-order chi connectivity index (χ1) is 12.2. The highest BCUT2D eigenvalue weighted by atomic mass is 32.1. The molecule has 2 amide bonds. The fraction of sp³-hybridized carbons (Fsp3) is 0.684. The molecule has 5 rings (SSSR count). The van der Waals surface area contributed by atoms with Crippen molar-refractivity contribution in [1.82, 2.24) is 15.1 Å². The van der Waals surface area contributed by atoms with Crippen molar-refractivity contribution in [2.24, 2.45) is 11.8 Å². The maximum Gasteiger partial charge on any atom is 0.246 e. The van der Waals surface area contributed by atoms with Crippen molar-refractivity contribution in [2.45, 2.75) is 50.7 Å². The minimum atomic E-state index is -0.248. The molecule has 3 fully saturated rings. The minimum Gasteiger partial charge on any atom is -0.336 e. The summed E-state index contributed by atoms with van der Waals surface area (Å²) < 4.78 is 0. The Bertz CT molecular complexity index is 703. The molecule has 1 aromatic rings. The van der Waals surface area contributed by atoms with Gasteiger partial charge in [-0.2, -0.15) is 0 Å². The first kappa shape index (κ1) is 15.8. The molecule has 4 aliphatic rings. The lowest BCUT2D eigenvalue weighted by atomic mass is 9.72. The third kappa shape index (κ3) is 2.53. The van der Waals surface area contributed by atoms with Gasteiger partial charge < -0.3 is 15.1 Å². The number of thiophene rings is 1. The van der Waals surface area contributed by atoms with Gasteiger partial charge >= 0.3 is 0 Å². The summed E-state index contributed by atoms with van der Waals surface area (Å²) in [7, 11) is 0. The lowest BCUT2D eigenvalue weighted by Gasteiger charge is -2.54. The number of fused-ring (bicyclic) bond motifs is 5. The summed E-state index contributed by atoms with van der Waals surface area (Å²) in [6.07, 6.45) is 4.69. The van der Waals surface area contributed by atoms with Crippen molar-refractivity contribution in [3.63, 3.8) is 0 Å². The fourth-order valence-electron chi connectivity index (χ4n) is 5.45. The molecule has 1 aromatic heterocycles. The Kier molecular flexibility index (Phi) is 3.86. The highest BCUT2D eigenvalue weighted by Gasteiger charge is 2.51. The van der Waals surface area contributed by atoms with E-state index in [-0.39, 0.29) is 29.8 Å². The van der Waals surface area contributed by atoms with Gasteiger partial charge in [0.15, 0.2) is 0 Å². The number of piperidine rings is 3. The lowest BCUT2D eigenvalue weighted by molar-refractivity contribution is -0.162. The van der Waals surface area contributed by atoms with Crippen molar-refractivity contribution in [3.8, 4) is 0 Å². The molecule has 4 aliphatic heterocycles. The van der Waals surface area contributed by atoms with Crippen LogP contribution in [-0.4, -0.2) is 53.3 Å². The van der Waals surface area contributed by atoms with Crippen LogP contribution in [0.25, 0.3) is 0 Å². The van der Waals surface area contributed by atoms with Crippen LogP contribution >= 0.6 is 11.3 Å². The Morgan fingerprint density at radius 2 is 2.12 bits per heavy atom. The molecule has 0 aliphatic carbocycles. The van der Waals surface area contributed by atoms with E-state index in [1.54, 1.807) is 11.3 Å². The van der Waals surface area contributed by atoms with Gasteiger partial charge in [0.05, 0.1) is 0 Å². The van der Waals surface area contributed by atoms with E-state index < -0.39 is 0 Å². The van der Waals surface area contributed by atoms with E-state index in [0.29, 0.717) is 18.9 Å². The Morgan fingerprint density at radius 3 is 3.04 bits per heavy atom. The van der Waals surface area contributed by atoms with E-state index in [9.17, 15) is 9.59 Å². The molecule has 4 atom stereocenters. The standard InChI is InChI=1S/C19H25N3O2S/c23-17-3-1-2-15-13-8-14(10-20-9-13)18(22(15)17)19(24)21-6-4-16-12(11-21)5-7-25-16/h5,7,13-15,18,20H,1-4,6,8-11H2/t13-,14+,15+,18-/m1/s1. The predicted octanol–water partition coefficient (Wildman–Crippen LogP) is 1.62. The normalized spacial score (nSPS) is 34.5. The highest BCUT2D eigenvalue weighted by molar-refractivity contribution is 7.10. The van der Waals surface area contributed by atoms with E-state index in [1.165, 1.54) is 10.4 Å². The molecule has 25 heavy (non-hydrogen) atoms. The van der Waals surface area contributed by atoms with Crippen molar-refractivity contribution in [1.29, 1.82) is 0 Å². The summed E-state index contributed by atoms with van der Waals surface area (Å²) in [6, 6.07) is 2.16. The monoisotopic (exact) mass is 359 g/mol. The van der Waals surface area contributed by atoms with Crippen LogP contribution in [0.1, 0.15) is 36.1 Å². The molecule has 0 aromatic carbocycles. The number of amides is 2. The third-order valence-electron chi connectivity index (χ3n) is 6.62.